The smallest absolute Gasteiger partial charge is 0.314 e. The molecule has 2 N–H and O–H groups in total. The number of aryl methyl sites for hydroxylation is 1. The predicted octanol–water partition coefficient (Wildman–Crippen LogP) is 4.28. The van der Waals surface area contributed by atoms with Gasteiger partial charge in [0.25, 0.3) is 0 Å². The molecule has 0 aliphatic heterocycles. The van der Waals surface area contributed by atoms with E-state index in [2.05, 4.69) is 60.9 Å². The van der Waals surface area contributed by atoms with Crippen molar-refractivity contribution in [2.75, 3.05) is 13.1 Å². The molecule has 0 radical (unpaired) electrons. The third-order valence-electron chi connectivity index (χ3n) is 4.12. The molecule has 3 nitrogen and oxygen atoms in total. The number of benzene rings is 2. The van der Waals surface area contributed by atoms with E-state index in [9.17, 15) is 4.79 Å². The van der Waals surface area contributed by atoms with Crippen molar-refractivity contribution >= 4 is 6.03 Å². The van der Waals surface area contributed by atoms with Gasteiger partial charge in [-0.25, -0.2) is 4.79 Å². The molecule has 0 unspecified atom stereocenters. The Hall–Kier alpha value is -2.29. The lowest BCUT2D eigenvalue weighted by Gasteiger charge is -2.09. The second-order valence-electron chi connectivity index (χ2n) is 6.42. The highest BCUT2D eigenvalue weighted by molar-refractivity contribution is 5.73. The lowest BCUT2D eigenvalue weighted by molar-refractivity contribution is 0.241. The molecular formula is C21H28N2O. The summed E-state index contributed by atoms with van der Waals surface area (Å²) < 4.78 is 0. The summed E-state index contributed by atoms with van der Waals surface area (Å²) in [5.74, 6) is 0.554. The van der Waals surface area contributed by atoms with Crippen LogP contribution in [0.2, 0.25) is 0 Å². The van der Waals surface area contributed by atoms with Crippen molar-refractivity contribution in [3.63, 3.8) is 0 Å². The van der Waals surface area contributed by atoms with Gasteiger partial charge >= 0.3 is 6.03 Å². The summed E-state index contributed by atoms with van der Waals surface area (Å²) in [4.78, 5) is 11.8. The molecule has 24 heavy (non-hydrogen) atoms. The van der Waals surface area contributed by atoms with Crippen LogP contribution in [-0.4, -0.2) is 19.1 Å². The van der Waals surface area contributed by atoms with Crippen LogP contribution in [0, 0.1) is 0 Å². The second-order valence-corrected chi connectivity index (χ2v) is 6.42. The van der Waals surface area contributed by atoms with Gasteiger partial charge in [0.15, 0.2) is 0 Å². The van der Waals surface area contributed by atoms with E-state index in [1.165, 1.54) is 16.7 Å². The Morgan fingerprint density at radius 1 is 0.833 bits per heavy atom. The van der Waals surface area contributed by atoms with Crippen LogP contribution in [0.4, 0.5) is 4.79 Å². The zero-order valence-electron chi connectivity index (χ0n) is 14.7. The normalized spacial score (nSPS) is 10.6. The molecule has 0 spiro atoms. The fourth-order valence-electron chi connectivity index (χ4n) is 2.59. The number of carbonyl (C=O) groups excluding carboxylic acids is 1. The van der Waals surface area contributed by atoms with Gasteiger partial charge in [0.05, 0.1) is 0 Å². The highest BCUT2D eigenvalue weighted by Crippen LogP contribution is 2.14. The molecule has 2 aromatic rings. The molecule has 0 heterocycles. The van der Waals surface area contributed by atoms with E-state index in [0.717, 1.165) is 19.3 Å². The molecule has 0 atom stereocenters. The fraction of sp³-hybridized carbons (Fsp3) is 0.381. The lowest BCUT2D eigenvalue weighted by Crippen LogP contribution is -2.37. The molecule has 0 fully saturated rings. The van der Waals surface area contributed by atoms with E-state index in [1.54, 1.807) is 0 Å². The molecule has 0 aliphatic rings. The van der Waals surface area contributed by atoms with E-state index >= 15 is 0 Å². The topological polar surface area (TPSA) is 41.1 Å². The number of carbonyl (C=O) groups is 1. The minimum Gasteiger partial charge on any atom is -0.338 e. The number of rotatable bonds is 8. The number of hydrogen-bond donors (Lipinski definition) is 2. The largest absolute Gasteiger partial charge is 0.338 e. The molecular weight excluding hydrogens is 296 g/mol. The van der Waals surface area contributed by atoms with Crippen LogP contribution in [0.5, 0.6) is 0 Å². The molecule has 0 aromatic heterocycles. The number of urea groups is 1. The molecule has 2 aromatic carbocycles. The van der Waals surface area contributed by atoms with Crippen LogP contribution in [0.25, 0.3) is 0 Å². The van der Waals surface area contributed by atoms with Crippen molar-refractivity contribution in [1.29, 1.82) is 0 Å². The van der Waals surface area contributed by atoms with Crippen molar-refractivity contribution in [2.45, 2.75) is 39.0 Å². The maximum atomic E-state index is 11.8. The van der Waals surface area contributed by atoms with Crippen LogP contribution in [0.1, 0.15) is 42.9 Å². The van der Waals surface area contributed by atoms with E-state index in [0.29, 0.717) is 19.0 Å². The summed E-state index contributed by atoms with van der Waals surface area (Å²) >= 11 is 0. The first-order valence-electron chi connectivity index (χ1n) is 8.79. The monoisotopic (exact) mass is 324 g/mol. The second kappa shape index (κ2) is 9.76. The fourth-order valence-corrected chi connectivity index (χ4v) is 2.59. The standard InChI is InChI=1S/C21H28N2O/c1-17(2)20-12-10-19(11-13-20)14-16-23-21(24)22-15-6-9-18-7-4-3-5-8-18/h3-5,7-8,10-13,17H,6,9,14-16H2,1-2H3,(H2,22,23,24). The molecule has 2 amide bonds. The van der Waals surface area contributed by atoms with Crippen LogP contribution in [-0.2, 0) is 12.8 Å². The van der Waals surface area contributed by atoms with Crippen molar-refractivity contribution < 1.29 is 4.79 Å². The minimum absolute atomic E-state index is 0.0816. The van der Waals surface area contributed by atoms with Crippen LogP contribution < -0.4 is 10.6 Å². The Morgan fingerprint density at radius 3 is 2.12 bits per heavy atom. The number of amides is 2. The molecule has 0 saturated carbocycles. The van der Waals surface area contributed by atoms with Gasteiger partial charge in [0.1, 0.15) is 0 Å². The highest BCUT2D eigenvalue weighted by Gasteiger charge is 2.01. The first-order valence-corrected chi connectivity index (χ1v) is 8.79. The van der Waals surface area contributed by atoms with Crippen LogP contribution in [0.15, 0.2) is 54.6 Å². The average Bonchev–Trinajstić information content (AvgIpc) is 2.60. The number of nitrogens with one attached hydrogen (secondary N) is 2. The zero-order chi connectivity index (χ0) is 17.2. The van der Waals surface area contributed by atoms with E-state index in [4.69, 9.17) is 0 Å². The van der Waals surface area contributed by atoms with E-state index < -0.39 is 0 Å². The number of hydrogen-bond acceptors (Lipinski definition) is 1. The third-order valence-corrected chi connectivity index (χ3v) is 4.12. The van der Waals surface area contributed by atoms with Gasteiger partial charge in [0, 0.05) is 13.1 Å². The predicted molar refractivity (Wildman–Crippen MR) is 100 cm³/mol. The summed E-state index contributed by atoms with van der Waals surface area (Å²) in [6.07, 6.45) is 2.80. The summed E-state index contributed by atoms with van der Waals surface area (Å²) in [7, 11) is 0. The van der Waals surface area contributed by atoms with Gasteiger partial charge in [-0.2, -0.15) is 0 Å². The molecule has 3 heteroatoms. The molecule has 128 valence electrons. The highest BCUT2D eigenvalue weighted by atomic mass is 16.2. The van der Waals surface area contributed by atoms with Crippen molar-refractivity contribution in [2.24, 2.45) is 0 Å². The van der Waals surface area contributed by atoms with Gasteiger partial charge in [-0.1, -0.05) is 68.4 Å². The van der Waals surface area contributed by atoms with Gasteiger partial charge in [-0.3, -0.25) is 0 Å². The maximum Gasteiger partial charge on any atom is 0.314 e. The zero-order valence-corrected chi connectivity index (χ0v) is 14.7. The van der Waals surface area contributed by atoms with Crippen molar-refractivity contribution in [3.05, 3.63) is 71.3 Å². The van der Waals surface area contributed by atoms with Gasteiger partial charge in [-0.05, 0) is 41.9 Å². The van der Waals surface area contributed by atoms with Crippen molar-refractivity contribution in [1.82, 2.24) is 10.6 Å². The van der Waals surface area contributed by atoms with Gasteiger partial charge in [0.2, 0.25) is 0 Å². The average molecular weight is 324 g/mol. The Morgan fingerprint density at radius 2 is 1.46 bits per heavy atom. The van der Waals surface area contributed by atoms with Crippen molar-refractivity contribution in [3.8, 4) is 0 Å². The Kier molecular flexibility index (Phi) is 7.34. The van der Waals surface area contributed by atoms with E-state index in [1.807, 2.05) is 18.2 Å². The third kappa shape index (κ3) is 6.45. The lowest BCUT2D eigenvalue weighted by atomic mass is 10.0. The summed E-state index contributed by atoms with van der Waals surface area (Å²) in [5.41, 5.74) is 3.91. The minimum atomic E-state index is -0.0816. The molecule has 2 rings (SSSR count). The SMILES string of the molecule is CC(C)c1ccc(CCNC(=O)NCCCc2ccccc2)cc1. The Balaban J connectivity index is 1.58. The quantitative estimate of drug-likeness (QED) is 0.699. The summed E-state index contributed by atoms with van der Waals surface area (Å²) in [6, 6.07) is 18.9. The molecule has 0 bridgehead atoms. The van der Waals surface area contributed by atoms with Gasteiger partial charge in [-0.15, -0.1) is 0 Å². The van der Waals surface area contributed by atoms with Crippen LogP contribution >= 0.6 is 0 Å². The first kappa shape index (κ1) is 18.1. The first-order chi connectivity index (χ1) is 11.6. The summed E-state index contributed by atoms with van der Waals surface area (Å²) in [5, 5.41) is 5.83. The van der Waals surface area contributed by atoms with Gasteiger partial charge < -0.3 is 10.6 Å². The van der Waals surface area contributed by atoms with Crippen LogP contribution in [0.3, 0.4) is 0 Å². The molecule has 0 saturated heterocycles. The van der Waals surface area contributed by atoms with E-state index in [-0.39, 0.29) is 6.03 Å². The Labute approximate surface area is 145 Å². The Bertz CT molecular complexity index is 605. The molecule has 0 aliphatic carbocycles. The maximum absolute atomic E-state index is 11.8. The summed E-state index contributed by atoms with van der Waals surface area (Å²) in [6.45, 7) is 5.74.